The van der Waals surface area contributed by atoms with E-state index in [0.29, 0.717) is 17.9 Å². The third-order valence-corrected chi connectivity index (χ3v) is 4.83. The smallest absolute Gasteiger partial charge is 0.314 e. The Morgan fingerprint density at radius 1 is 0.750 bits per heavy atom. The Bertz CT molecular complexity index is 1330. The van der Waals surface area contributed by atoms with Crippen LogP contribution in [-0.4, -0.2) is 30.4 Å². The summed E-state index contributed by atoms with van der Waals surface area (Å²) >= 11 is 0. The lowest BCUT2D eigenvalue weighted by atomic mass is 10.0. The van der Waals surface area contributed by atoms with Crippen molar-refractivity contribution in [3.63, 3.8) is 0 Å². The van der Waals surface area contributed by atoms with Gasteiger partial charge < -0.3 is 4.42 Å². The number of benzene rings is 3. The van der Waals surface area contributed by atoms with Crippen molar-refractivity contribution in [2.45, 2.75) is 13.0 Å². The molecule has 9 heteroatoms. The van der Waals surface area contributed by atoms with Crippen LogP contribution >= 0.6 is 0 Å². The van der Waals surface area contributed by atoms with Crippen LogP contribution in [0.4, 0.5) is 8.78 Å². The monoisotopic (exact) mass is 430 g/mol. The van der Waals surface area contributed by atoms with Gasteiger partial charge in [-0.25, -0.2) is 0 Å². The summed E-state index contributed by atoms with van der Waals surface area (Å²) in [5, 5.41) is 19.8. The summed E-state index contributed by atoms with van der Waals surface area (Å²) in [5.41, 5.74) is 4.52. The van der Waals surface area contributed by atoms with Gasteiger partial charge in [0, 0.05) is 11.1 Å². The second-order valence-corrected chi connectivity index (χ2v) is 7.03. The van der Waals surface area contributed by atoms with E-state index in [1.165, 1.54) is 4.80 Å². The highest BCUT2D eigenvalue weighted by Gasteiger charge is 2.17. The Hall–Kier alpha value is -4.27. The molecular formula is C23H16F2N6O. The Kier molecular flexibility index (Phi) is 5.20. The zero-order valence-corrected chi connectivity index (χ0v) is 16.6. The molecule has 5 aromatic rings. The predicted octanol–water partition coefficient (Wildman–Crippen LogP) is 5.04. The number of halogens is 2. The van der Waals surface area contributed by atoms with Crippen LogP contribution in [0.2, 0.25) is 0 Å². The van der Waals surface area contributed by atoms with Gasteiger partial charge in [0.2, 0.25) is 11.7 Å². The van der Waals surface area contributed by atoms with Crippen LogP contribution in [0, 0.1) is 0 Å². The molecule has 0 atom stereocenters. The highest BCUT2D eigenvalue weighted by Crippen LogP contribution is 2.25. The van der Waals surface area contributed by atoms with Crippen molar-refractivity contribution in [2.75, 3.05) is 0 Å². The minimum absolute atomic E-state index is 0.0475. The molecule has 0 amide bonds. The Balaban J connectivity index is 1.31. The Labute approximate surface area is 181 Å². The molecule has 0 saturated carbocycles. The molecule has 0 aliphatic carbocycles. The van der Waals surface area contributed by atoms with E-state index in [0.717, 1.165) is 22.3 Å². The van der Waals surface area contributed by atoms with E-state index in [9.17, 15) is 8.78 Å². The van der Waals surface area contributed by atoms with Crippen molar-refractivity contribution in [3.05, 3.63) is 90.3 Å². The van der Waals surface area contributed by atoms with E-state index in [2.05, 4.69) is 37.7 Å². The molecule has 158 valence electrons. The van der Waals surface area contributed by atoms with Crippen LogP contribution in [-0.2, 0) is 6.54 Å². The first-order chi connectivity index (χ1) is 15.7. The van der Waals surface area contributed by atoms with E-state index in [1.807, 2.05) is 54.6 Å². The van der Waals surface area contributed by atoms with Gasteiger partial charge in [-0.15, -0.1) is 20.4 Å². The second-order valence-electron chi connectivity index (χ2n) is 7.03. The molecule has 0 unspecified atom stereocenters. The maximum Gasteiger partial charge on any atom is 0.314 e. The normalized spacial score (nSPS) is 11.2. The van der Waals surface area contributed by atoms with Crippen LogP contribution in [0.15, 0.2) is 83.3 Å². The van der Waals surface area contributed by atoms with E-state index >= 15 is 0 Å². The predicted molar refractivity (Wildman–Crippen MR) is 112 cm³/mol. The fourth-order valence-corrected chi connectivity index (χ4v) is 3.25. The third-order valence-electron chi connectivity index (χ3n) is 4.83. The molecule has 0 N–H and O–H groups in total. The van der Waals surface area contributed by atoms with E-state index in [1.54, 1.807) is 12.1 Å². The number of rotatable bonds is 6. The van der Waals surface area contributed by atoms with Gasteiger partial charge in [-0.1, -0.05) is 60.7 Å². The van der Waals surface area contributed by atoms with Crippen LogP contribution in [0.1, 0.15) is 17.9 Å². The number of nitrogens with zero attached hydrogens (tertiary/aromatic N) is 6. The maximum absolute atomic E-state index is 12.6. The number of aromatic nitrogens is 6. The zero-order chi connectivity index (χ0) is 21.9. The molecule has 5 rings (SSSR count). The summed E-state index contributed by atoms with van der Waals surface area (Å²) in [6.07, 6.45) is -2.79. The van der Waals surface area contributed by atoms with Crippen molar-refractivity contribution >= 4 is 0 Å². The highest BCUT2D eigenvalue weighted by atomic mass is 19.3. The average Bonchev–Trinajstić information content (AvgIpc) is 3.51. The van der Waals surface area contributed by atoms with Crippen molar-refractivity contribution in [1.29, 1.82) is 0 Å². The van der Waals surface area contributed by atoms with Crippen molar-refractivity contribution in [2.24, 2.45) is 0 Å². The molecule has 0 aliphatic heterocycles. The van der Waals surface area contributed by atoms with Gasteiger partial charge in [-0.3, -0.25) is 0 Å². The summed E-state index contributed by atoms with van der Waals surface area (Å²) in [7, 11) is 0. The lowest BCUT2D eigenvalue weighted by molar-refractivity contribution is 0.116. The number of hydrogen-bond acceptors (Lipinski definition) is 6. The first-order valence-corrected chi connectivity index (χ1v) is 9.80. The van der Waals surface area contributed by atoms with Crippen LogP contribution in [0.5, 0.6) is 0 Å². The second kappa shape index (κ2) is 8.46. The quantitative estimate of drug-likeness (QED) is 0.375. The topological polar surface area (TPSA) is 82.5 Å². The van der Waals surface area contributed by atoms with Crippen molar-refractivity contribution in [1.82, 2.24) is 30.4 Å². The summed E-state index contributed by atoms with van der Waals surface area (Å²) in [4.78, 5) is 1.50. The Morgan fingerprint density at radius 3 is 2.25 bits per heavy atom. The largest absolute Gasteiger partial charge is 0.415 e. The van der Waals surface area contributed by atoms with Gasteiger partial charge in [-0.2, -0.15) is 13.6 Å². The summed E-state index contributed by atoms with van der Waals surface area (Å²) in [6, 6.07) is 25.1. The highest BCUT2D eigenvalue weighted by molar-refractivity contribution is 5.69. The summed E-state index contributed by atoms with van der Waals surface area (Å²) in [6.45, 7) is 0.401. The molecule has 0 aliphatic rings. The number of alkyl halides is 2. The minimum atomic E-state index is -2.79. The van der Waals surface area contributed by atoms with Gasteiger partial charge in [0.25, 0.3) is 5.89 Å². The molecule has 0 bridgehead atoms. The summed E-state index contributed by atoms with van der Waals surface area (Å²) in [5.74, 6) is -0.115. The fourth-order valence-electron chi connectivity index (χ4n) is 3.25. The molecule has 0 radical (unpaired) electrons. The number of tetrazole rings is 1. The zero-order valence-electron chi connectivity index (χ0n) is 16.6. The molecule has 2 heterocycles. The molecule has 2 aromatic heterocycles. The lowest BCUT2D eigenvalue weighted by Gasteiger charge is -2.03. The third kappa shape index (κ3) is 4.13. The lowest BCUT2D eigenvalue weighted by Crippen LogP contribution is -2.04. The first kappa shape index (κ1) is 19.7. The van der Waals surface area contributed by atoms with Crippen molar-refractivity contribution < 1.29 is 13.2 Å². The van der Waals surface area contributed by atoms with E-state index in [4.69, 9.17) is 4.42 Å². The van der Waals surface area contributed by atoms with Crippen LogP contribution in [0.3, 0.4) is 0 Å². The van der Waals surface area contributed by atoms with Gasteiger partial charge in [0.1, 0.15) is 0 Å². The van der Waals surface area contributed by atoms with Crippen LogP contribution in [0.25, 0.3) is 34.0 Å². The van der Waals surface area contributed by atoms with Crippen molar-refractivity contribution in [3.8, 4) is 34.0 Å². The SMILES string of the molecule is FC(F)c1nnc(-c2ccc(Cn3nnc(-c4cccc(-c5ccccc5)c4)n3)cc2)o1. The molecule has 7 nitrogen and oxygen atoms in total. The molecular weight excluding hydrogens is 414 g/mol. The molecule has 0 saturated heterocycles. The van der Waals surface area contributed by atoms with Crippen LogP contribution < -0.4 is 0 Å². The Morgan fingerprint density at radius 2 is 1.50 bits per heavy atom. The standard InChI is InChI=1S/C23H16F2N6O/c24-20(25)23-28-27-22(32-23)17-11-9-15(10-12-17)14-31-29-21(26-30-31)19-8-4-7-18(13-19)16-5-2-1-3-6-16/h1-13,20H,14H2. The molecule has 32 heavy (non-hydrogen) atoms. The molecule has 0 fully saturated rings. The van der Waals surface area contributed by atoms with E-state index in [-0.39, 0.29) is 5.89 Å². The van der Waals surface area contributed by atoms with Gasteiger partial charge >= 0.3 is 6.43 Å². The minimum Gasteiger partial charge on any atom is -0.415 e. The first-order valence-electron chi connectivity index (χ1n) is 9.80. The van der Waals surface area contributed by atoms with Gasteiger partial charge in [0.15, 0.2) is 0 Å². The molecule has 0 spiro atoms. The maximum atomic E-state index is 12.6. The van der Waals surface area contributed by atoms with Gasteiger partial charge in [0.05, 0.1) is 6.54 Å². The average molecular weight is 430 g/mol. The van der Waals surface area contributed by atoms with Gasteiger partial charge in [-0.05, 0) is 40.1 Å². The fraction of sp³-hybridized carbons (Fsp3) is 0.0870. The number of hydrogen-bond donors (Lipinski definition) is 0. The summed E-state index contributed by atoms with van der Waals surface area (Å²) < 4.78 is 30.2. The molecule has 3 aromatic carbocycles. The van der Waals surface area contributed by atoms with E-state index < -0.39 is 12.3 Å².